The van der Waals surface area contributed by atoms with Crippen LogP contribution < -0.4 is 0 Å². The molecule has 5 heteroatoms. The van der Waals surface area contributed by atoms with Gasteiger partial charge in [-0.15, -0.1) is 11.6 Å². The van der Waals surface area contributed by atoms with Crippen LogP contribution in [0.15, 0.2) is 4.99 Å². The summed E-state index contributed by atoms with van der Waals surface area (Å²) < 4.78 is 12.2. The number of rotatable bonds is 1. The molecule has 18 heavy (non-hydrogen) atoms. The van der Waals surface area contributed by atoms with E-state index in [-0.39, 0.29) is 35.1 Å². The van der Waals surface area contributed by atoms with Gasteiger partial charge in [-0.25, -0.2) is 0 Å². The van der Waals surface area contributed by atoms with Gasteiger partial charge in [-0.2, -0.15) is 0 Å². The second-order valence-electron chi connectivity index (χ2n) is 6.78. The minimum absolute atomic E-state index is 0.00332. The number of alkyl halides is 1. The molecule has 2 rings (SSSR count). The summed E-state index contributed by atoms with van der Waals surface area (Å²) >= 11 is 6.65. The summed E-state index contributed by atoms with van der Waals surface area (Å²) in [5, 5.41) is 0. The predicted molar refractivity (Wildman–Crippen MR) is 76.7 cm³/mol. The Morgan fingerprint density at radius 1 is 1.17 bits per heavy atom. The monoisotopic (exact) mass is 271 g/mol. The molecule has 0 radical (unpaired) electrons. The normalized spacial score (nSPS) is 42.3. The fraction of sp³-hybridized carbons (Fsp3) is 0.923. The molecule has 0 spiro atoms. The number of halogens is 1. The van der Waals surface area contributed by atoms with E-state index in [1.807, 2.05) is 13.1 Å². The predicted octanol–water partition coefficient (Wildman–Crippen LogP) is 3.31. The van der Waals surface area contributed by atoms with Gasteiger partial charge in [-0.1, -0.05) is 0 Å². The molecule has 2 aliphatic rings. The van der Waals surface area contributed by atoms with E-state index < -0.39 is 0 Å². The Kier molecular flexibility index (Phi) is 3.37. The molecule has 1 fully saturated rings. The van der Waals surface area contributed by atoms with Gasteiger partial charge in [0.1, 0.15) is 0 Å². The summed E-state index contributed by atoms with van der Waals surface area (Å²) in [7, 11) is -0.311. The first-order chi connectivity index (χ1) is 8.05. The van der Waals surface area contributed by atoms with Crippen LogP contribution in [0.5, 0.6) is 0 Å². The zero-order valence-corrected chi connectivity index (χ0v) is 12.9. The van der Waals surface area contributed by atoms with E-state index in [1.54, 1.807) is 0 Å². The smallest absolute Gasteiger partial charge is 0.403 e. The van der Waals surface area contributed by atoms with E-state index in [0.717, 1.165) is 6.42 Å². The van der Waals surface area contributed by atoms with Crippen molar-refractivity contribution in [2.24, 2.45) is 4.99 Å². The van der Waals surface area contributed by atoms with E-state index in [2.05, 4.69) is 39.6 Å². The number of aliphatic imine (C=N–C) groups is 1. The zero-order valence-electron chi connectivity index (χ0n) is 12.2. The molecule has 2 heterocycles. The van der Waals surface area contributed by atoms with E-state index in [4.69, 9.17) is 20.9 Å². The summed E-state index contributed by atoms with van der Waals surface area (Å²) in [5.74, 6) is -0.00332. The zero-order chi connectivity index (χ0) is 13.8. The minimum Gasteiger partial charge on any atom is -0.403 e. The van der Waals surface area contributed by atoms with Crippen LogP contribution in [0.3, 0.4) is 0 Å². The van der Waals surface area contributed by atoms with Crippen molar-refractivity contribution in [3.05, 3.63) is 0 Å². The van der Waals surface area contributed by atoms with E-state index in [0.29, 0.717) is 0 Å². The highest BCUT2D eigenvalue weighted by Gasteiger charge is 2.57. The van der Waals surface area contributed by atoms with Gasteiger partial charge >= 0.3 is 7.12 Å². The first kappa shape index (κ1) is 14.4. The minimum atomic E-state index is -0.359. The van der Waals surface area contributed by atoms with Crippen molar-refractivity contribution in [2.75, 3.05) is 0 Å². The van der Waals surface area contributed by atoms with Gasteiger partial charge in [0.15, 0.2) is 0 Å². The topological polar surface area (TPSA) is 30.8 Å². The molecule has 0 N–H and O–H groups in total. The Hall–Kier alpha value is -0.0551. The Morgan fingerprint density at radius 3 is 2.11 bits per heavy atom. The molecule has 1 saturated heterocycles. The van der Waals surface area contributed by atoms with E-state index in [9.17, 15) is 0 Å². The van der Waals surface area contributed by atoms with Crippen molar-refractivity contribution >= 4 is 24.9 Å². The molecule has 0 aromatic heterocycles. The molecule has 2 unspecified atom stereocenters. The summed E-state index contributed by atoms with van der Waals surface area (Å²) in [6.07, 6.45) is 2.77. The molecular formula is C13H23BClNO2. The Bertz CT molecular complexity index is 352. The number of hydrogen-bond acceptors (Lipinski definition) is 3. The summed E-state index contributed by atoms with van der Waals surface area (Å²) in [4.78, 5) is 4.12. The molecule has 3 nitrogen and oxygen atoms in total. The lowest BCUT2D eigenvalue weighted by Gasteiger charge is -2.35. The highest BCUT2D eigenvalue weighted by atomic mass is 35.5. The maximum absolute atomic E-state index is 6.65. The number of hydrogen-bond donors (Lipinski definition) is 0. The Morgan fingerprint density at radius 2 is 1.67 bits per heavy atom. The third-order valence-electron chi connectivity index (χ3n) is 4.46. The largest absolute Gasteiger partial charge is 0.468 e. The highest BCUT2D eigenvalue weighted by molar-refractivity contribution is 6.54. The van der Waals surface area contributed by atoms with Crippen molar-refractivity contribution in [3.63, 3.8) is 0 Å². The number of nitrogens with zero attached hydrogens (tertiary/aromatic N) is 1. The summed E-state index contributed by atoms with van der Waals surface area (Å²) in [6.45, 7) is 12.4. The first-order valence-electron chi connectivity index (χ1n) is 6.63. The van der Waals surface area contributed by atoms with Gasteiger partial charge in [-0.05, 0) is 48.0 Å². The van der Waals surface area contributed by atoms with Gasteiger partial charge < -0.3 is 9.31 Å². The van der Waals surface area contributed by atoms with Gasteiger partial charge in [0.25, 0.3) is 0 Å². The molecule has 0 aromatic rings. The molecule has 0 saturated carbocycles. The standard InChI is InChI=1S/C13H23BClNO2/c1-9-7-13(6,15)10(8-16-9)14-17-11(2,3)12(4,5)18-14/h8-10H,7H2,1-6H3/t9-,10?,13?/m1/s1. The molecule has 2 aliphatic heterocycles. The van der Waals surface area contributed by atoms with Crippen LogP contribution in [0.1, 0.15) is 48.0 Å². The molecule has 102 valence electrons. The molecule has 0 amide bonds. The lowest BCUT2D eigenvalue weighted by Crippen LogP contribution is -2.43. The Labute approximate surface area is 115 Å². The molecular weight excluding hydrogens is 248 g/mol. The third kappa shape index (κ3) is 2.35. The van der Waals surface area contributed by atoms with Crippen LogP contribution in [0.25, 0.3) is 0 Å². The summed E-state index contributed by atoms with van der Waals surface area (Å²) in [5.41, 5.74) is -0.636. The highest BCUT2D eigenvalue weighted by Crippen LogP contribution is 2.46. The SMILES string of the molecule is C[C@@H]1CC(C)(Cl)C(B2OC(C)(C)C(C)(C)O2)C=N1. The quantitative estimate of drug-likeness (QED) is 0.541. The maximum Gasteiger partial charge on any atom is 0.468 e. The molecule has 0 bridgehead atoms. The maximum atomic E-state index is 6.65. The van der Waals surface area contributed by atoms with Crippen LogP contribution in [-0.4, -0.2) is 35.5 Å². The second kappa shape index (κ2) is 4.22. The van der Waals surface area contributed by atoms with E-state index in [1.165, 1.54) is 0 Å². The molecule has 0 aliphatic carbocycles. The van der Waals surface area contributed by atoms with Crippen molar-refractivity contribution in [1.82, 2.24) is 0 Å². The van der Waals surface area contributed by atoms with Crippen molar-refractivity contribution in [1.29, 1.82) is 0 Å². The fourth-order valence-electron chi connectivity index (χ4n) is 2.55. The van der Waals surface area contributed by atoms with Gasteiger partial charge in [0, 0.05) is 18.1 Å². The lowest BCUT2D eigenvalue weighted by molar-refractivity contribution is 0.00578. The van der Waals surface area contributed by atoms with Crippen molar-refractivity contribution < 1.29 is 9.31 Å². The van der Waals surface area contributed by atoms with Crippen LogP contribution in [0.4, 0.5) is 0 Å². The van der Waals surface area contributed by atoms with Crippen molar-refractivity contribution in [3.8, 4) is 0 Å². The Balaban J connectivity index is 2.22. The first-order valence-corrected chi connectivity index (χ1v) is 7.01. The van der Waals surface area contributed by atoms with Crippen LogP contribution in [0, 0.1) is 0 Å². The fourth-order valence-corrected chi connectivity index (χ4v) is 2.93. The van der Waals surface area contributed by atoms with Crippen LogP contribution in [0.2, 0.25) is 5.82 Å². The second-order valence-corrected chi connectivity index (χ2v) is 7.64. The van der Waals surface area contributed by atoms with Crippen molar-refractivity contribution in [2.45, 2.75) is 75.9 Å². The summed E-state index contributed by atoms with van der Waals surface area (Å²) in [6, 6.07) is 0.270. The van der Waals surface area contributed by atoms with Crippen LogP contribution >= 0.6 is 11.6 Å². The average Bonchev–Trinajstić information content (AvgIpc) is 2.33. The van der Waals surface area contributed by atoms with Crippen LogP contribution in [-0.2, 0) is 9.31 Å². The third-order valence-corrected chi connectivity index (χ3v) is 4.86. The molecule has 0 aromatic carbocycles. The molecule has 3 atom stereocenters. The van der Waals surface area contributed by atoms with Gasteiger partial charge in [-0.3, -0.25) is 4.99 Å². The average molecular weight is 272 g/mol. The van der Waals surface area contributed by atoms with Gasteiger partial charge in [0.2, 0.25) is 0 Å². The van der Waals surface area contributed by atoms with E-state index >= 15 is 0 Å². The lowest BCUT2D eigenvalue weighted by atomic mass is 9.63. The van der Waals surface area contributed by atoms with Gasteiger partial charge in [0.05, 0.1) is 16.1 Å².